The Morgan fingerprint density at radius 3 is 2.67 bits per heavy atom. The maximum atomic E-state index is 10.3. The summed E-state index contributed by atoms with van der Waals surface area (Å²) >= 11 is -1.93. The predicted molar refractivity (Wildman–Crippen MR) is 37.8 cm³/mol. The minimum atomic E-state index is -1.93. The molecule has 0 saturated carbocycles. The number of hydrogen-bond donors (Lipinski definition) is 1. The molecule has 0 amide bonds. The van der Waals surface area contributed by atoms with Crippen LogP contribution in [0.3, 0.4) is 0 Å². The molecule has 1 aliphatic heterocycles. The normalized spacial score (nSPS) is 14.4. The van der Waals surface area contributed by atoms with Crippen molar-refractivity contribution in [2.24, 2.45) is 0 Å². The first-order valence-electron chi connectivity index (χ1n) is 2.59. The Labute approximate surface area is 57.6 Å². The summed E-state index contributed by atoms with van der Waals surface area (Å²) in [5.41, 5.74) is 1.81. The van der Waals surface area contributed by atoms with Crippen LogP contribution < -0.4 is 0 Å². The van der Waals surface area contributed by atoms with Crippen LogP contribution in [0.5, 0.6) is 0 Å². The molecule has 0 aromatic heterocycles. The Bertz CT molecular complexity index is 217. The zero-order valence-electron chi connectivity index (χ0n) is 4.74. The first-order chi connectivity index (χ1) is 4.30. The first-order valence-corrected chi connectivity index (χ1v) is 6.06. The molecular weight excluding hydrogens is 175 g/mol. The molecule has 0 aromatic carbocycles. The second kappa shape index (κ2) is 2.92. The van der Waals surface area contributed by atoms with Gasteiger partial charge < -0.3 is 0 Å². The predicted octanol–water partition coefficient (Wildman–Crippen LogP) is 0.564. The van der Waals surface area contributed by atoms with E-state index in [1.807, 2.05) is 28.6 Å². The van der Waals surface area contributed by atoms with E-state index in [2.05, 4.69) is 0 Å². The van der Waals surface area contributed by atoms with Crippen molar-refractivity contribution in [1.82, 2.24) is 0 Å². The molecule has 0 aliphatic carbocycles. The number of carbonyl (C=O) groups is 1. The summed E-state index contributed by atoms with van der Waals surface area (Å²) in [6.45, 7) is 0. The summed E-state index contributed by atoms with van der Waals surface area (Å²) in [4.78, 5) is 11.5. The van der Waals surface area contributed by atoms with Crippen molar-refractivity contribution in [3.05, 3.63) is 23.0 Å². The molecule has 0 saturated heterocycles. The van der Waals surface area contributed by atoms with E-state index in [0.29, 0.717) is 0 Å². The Balaban J connectivity index is 2.84. The average molecular weight is 181 g/mol. The fourth-order valence-corrected chi connectivity index (χ4v) is 2.75. The van der Waals surface area contributed by atoms with Gasteiger partial charge in [-0.1, -0.05) is 0 Å². The average Bonchev–Trinajstić information content (AvgIpc) is 1.90. The standard InChI is InChI=1S/C5H5BGeO2/c8-5(9)7-4-2-1-3-6-7/h1-4H,(H,8,9). The van der Waals surface area contributed by atoms with Gasteiger partial charge in [0.05, 0.1) is 0 Å². The van der Waals surface area contributed by atoms with E-state index >= 15 is 0 Å². The molecule has 0 unspecified atom stereocenters. The van der Waals surface area contributed by atoms with Crippen molar-refractivity contribution in [3.8, 4) is 0 Å². The summed E-state index contributed by atoms with van der Waals surface area (Å²) in [5.74, 6) is 1.81. The third-order valence-corrected chi connectivity index (χ3v) is 4.37. The molecule has 1 aliphatic rings. The van der Waals surface area contributed by atoms with Crippen LogP contribution in [-0.4, -0.2) is 29.2 Å². The van der Waals surface area contributed by atoms with Gasteiger partial charge in [-0.25, -0.2) is 0 Å². The third-order valence-electron chi connectivity index (χ3n) is 1.02. The van der Waals surface area contributed by atoms with E-state index < -0.39 is 18.5 Å². The van der Waals surface area contributed by atoms with Gasteiger partial charge in [0.15, 0.2) is 0 Å². The molecule has 0 spiro atoms. The van der Waals surface area contributed by atoms with Crippen molar-refractivity contribution in [1.29, 1.82) is 0 Å². The zero-order chi connectivity index (χ0) is 6.69. The monoisotopic (exact) mass is 182 g/mol. The molecule has 0 atom stereocenters. The van der Waals surface area contributed by atoms with Crippen LogP contribution in [-0.2, 0) is 0 Å². The quantitative estimate of drug-likeness (QED) is 0.599. The van der Waals surface area contributed by atoms with Gasteiger partial charge in [0.1, 0.15) is 0 Å². The molecule has 9 heavy (non-hydrogen) atoms. The van der Waals surface area contributed by atoms with Gasteiger partial charge in [0, 0.05) is 0 Å². The van der Waals surface area contributed by atoms with E-state index in [4.69, 9.17) is 5.11 Å². The van der Waals surface area contributed by atoms with Crippen LogP contribution >= 0.6 is 0 Å². The molecule has 44 valence electrons. The summed E-state index contributed by atoms with van der Waals surface area (Å²) < 4.78 is 0. The van der Waals surface area contributed by atoms with Crippen LogP contribution in [0, 0.1) is 0 Å². The summed E-state index contributed by atoms with van der Waals surface area (Å²) in [5, 5.41) is 8.50. The minimum absolute atomic E-state index is 0.629. The number of rotatable bonds is 1. The van der Waals surface area contributed by atoms with E-state index in [-0.39, 0.29) is 0 Å². The molecule has 2 nitrogen and oxygen atoms in total. The SMILES string of the molecule is O=[C](O)[Ge]1=[B]C=CC=[CH]1. The van der Waals surface area contributed by atoms with Crippen LogP contribution in [0.25, 0.3) is 0 Å². The third kappa shape index (κ3) is 1.75. The Morgan fingerprint density at radius 1 is 1.56 bits per heavy atom. The van der Waals surface area contributed by atoms with Gasteiger partial charge in [-0.2, -0.15) is 0 Å². The van der Waals surface area contributed by atoms with Crippen molar-refractivity contribution in [2.75, 3.05) is 0 Å². The summed E-state index contributed by atoms with van der Waals surface area (Å²) in [7, 11) is 0. The van der Waals surface area contributed by atoms with E-state index in [9.17, 15) is 4.79 Å². The number of hydrogen-bond acceptors (Lipinski definition) is 1. The van der Waals surface area contributed by atoms with Crippen molar-refractivity contribution in [2.45, 2.75) is 0 Å². The Kier molecular flexibility index (Phi) is 2.16. The molecule has 1 rings (SSSR count). The fraction of sp³-hybridized carbons (Fsp3) is 0. The van der Waals surface area contributed by atoms with Crippen LogP contribution in [0.2, 0.25) is 0 Å². The van der Waals surface area contributed by atoms with Gasteiger partial charge in [-0.05, 0) is 0 Å². The molecule has 0 radical (unpaired) electrons. The van der Waals surface area contributed by atoms with Crippen LogP contribution in [0.4, 0.5) is 4.79 Å². The topological polar surface area (TPSA) is 37.3 Å². The number of carboxylic acid groups (broad SMARTS) is 1. The van der Waals surface area contributed by atoms with Gasteiger partial charge in [-0.15, -0.1) is 0 Å². The van der Waals surface area contributed by atoms with Crippen LogP contribution in [0.15, 0.2) is 23.0 Å². The zero-order valence-corrected chi connectivity index (χ0v) is 6.84. The molecule has 1 N–H and O–H groups in total. The molecule has 1 heterocycles. The molecule has 4 heteroatoms. The van der Waals surface area contributed by atoms with Crippen LogP contribution in [0.1, 0.15) is 0 Å². The second-order valence-electron chi connectivity index (χ2n) is 1.67. The Hall–Kier alpha value is -0.442. The molecular formula is C5H5BGeO2. The van der Waals surface area contributed by atoms with Gasteiger partial charge in [-0.3, -0.25) is 0 Å². The summed E-state index contributed by atoms with van der Waals surface area (Å²) in [6, 6.07) is 0. The maximum absolute atomic E-state index is 10.3. The first kappa shape index (κ1) is 6.67. The van der Waals surface area contributed by atoms with Gasteiger partial charge >= 0.3 is 57.1 Å². The van der Waals surface area contributed by atoms with E-state index in [0.717, 1.165) is 0 Å². The second-order valence-corrected chi connectivity index (χ2v) is 5.88. The molecule has 0 fully saturated rings. The van der Waals surface area contributed by atoms with Crippen molar-refractivity contribution >= 4 is 24.1 Å². The van der Waals surface area contributed by atoms with E-state index in [1.165, 1.54) is 0 Å². The van der Waals surface area contributed by atoms with Crippen molar-refractivity contribution in [3.63, 3.8) is 0 Å². The van der Waals surface area contributed by atoms with Crippen molar-refractivity contribution < 1.29 is 9.90 Å². The molecule has 0 aromatic rings. The van der Waals surface area contributed by atoms with Gasteiger partial charge in [0.25, 0.3) is 0 Å². The summed E-state index contributed by atoms with van der Waals surface area (Å²) in [6.07, 6.45) is 3.66. The molecule has 0 bridgehead atoms. The fourth-order valence-electron chi connectivity index (χ4n) is 0.581. The Morgan fingerprint density at radius 2 is 2.33 bits per heavy atom. The number of allylic oxidation sites excluding steroid dienone is 2. The van der Waals surface area contributed by atoms with Gasteiger partial charge in [0.2, 0.25) is 0 Å². The van der Waals surface area contributed by atoms with E-state index in [1.54, 1.807) is 0 Å².